The largest absolute Gasteiger partial charge is 0.394 e. The van der Waals surface area contributed by atoms with Gasteiger partial charge in [-0.3, -0.25) is 0 Å². The van der Waals surface area contributed by atoms with Crippen LogP contribution in [0.3, 0.4) is 0 Å². The molecule has 1 aliphatic rings. The van der Waals surface area contributed by atoms with E-state index < -0.39 is 0 Å². The molecule has 2 rings (SSSR count). The average Bonchev–Trinajstić information content (AvgIpc) is 2.78. The molecule has 0 amide bonds. The Kier molecular flexibility index (Phi) is 3.21. The summed E-state index contributed by atoms with van der Waals surface area (Å²) >= 11 is 0. The number of hydrogen-bond acceptors (Lipinski definition) is 6. The fourth-order valence-corrected chi connectivity index (χ4v) is 1.69. The molecule has 0 bridgehead atoms. The first-order chi connectivity index (χ1) is 7.76. The van der Waals surface area contributed by atoms with Crippen LogP contribution in [0.4, 0.5) is 11.5 Å². The van der Waals surface area contributed by atoms with E-state index in [-0.39, 0.29) is 5.60 Å². The van der Waals surface area contributed by atoms with Crippen LogP contribution in [-0.2, 0) is 9.47 Å². The lowest BCUT2D eigenvalue weighted by atomic mass is 10.0. The van der Waals surface area contributed by atoms with Gasteiger partial charge in [-0.1, -0.05) is 0 Å². The molecule has 1 saturated heterocycles. The molecule has 3 N–H and O–H groups in total. The number of hydrogen-bond donors (Lipinski definition) is 2. The van der Waals surface area contributed by atoms with Crippen molar-refractivity contribution in [3.8, 4) is 0 Å². The van der Waals surface area contributed by atoms with Crippen LogP contribution < -0.4 is 11.1 Å². The minimum atomic E-state index is -0.266. The van der Waals surface area contributed by atoms with Crippen molar-refractivity contribution in [3.63, 3.8) is 0 Å². The third-order valence-corrected chi connectivity index (χ3v) is 2.82. The fraction of sp³-hybridized carbons (Fsp3) is 0.600. The van der Waals surface area contributed by atoms with E-state index in [0.29, 0.717) is 24.7 Å². The molecule has 1 unspecified atom stereocenters. The quantitative estimate of drug-likeness (QED) is 0.764. The van der Waals surface area contributed by atoms with Crippen LogP contribution in [0.2, 0.25) is 0 Å². The van der Waals surface area contributed by atoms with Gasteiger partial charge in [0.25, 0.3) is 0 Å². The van der Waals surface area contributed by atoms with Crippen molar-refractivity contribution in [2.75, 3.05) is 37.9 Å². The van der Waals surface area contributed by atoms with E-state index in [9.17, 15) is 0 Å². The molecule has 0 aliphatic carbocycles. The zero-order chi connectivity index (χ0) is 11.4. The lowest BCUT2D eigenvalue weighted by Gasteiger charge is -2.26. The summed E-state index contributed by atoms with van der Waals surface area (Å²) in [6.45, 7) is 1.96. The van der Waals surface area contributed by atoms with Gasteiger partial charge >= 0.3 is 0 Å². The highest BCUT2D eigenvalue weighted by atomic mass is 16.5. The van der Waals surface area contributed by atoms with Crippen LogP contribution in [0.25, 0.3) is 0 Å². The Balaban J connectivity index is 1.98. The van der Waals surface area contributed by atoms with Gasteiger partial charge < -0.3 is 20.5 Å². The highest BCUT2D eigenvalue weighted by molar-refractivity contribution is 5.59. The van der Waals surface area contributed by atoms with E-state index >= 15 is 0 Å². The van der Waals surface area contributed by atoms with Crippen molar-refractivity contribution in [2.45, 2.75) is 12.0 Å². The first-order valence-corrected chi connectivity index (χ1v) is 5.18. The minimum Gasteiger partial charge on any atom is -0.394 e. The van der Waals surface area contributed by atoms with E-state index in [4.69, 9.17) is 15.2 Å². The maximum absolute atomic E-state index is 5.73. The fourth-order valence-electron chi connectivity index (χ4n) is 1.69. The van der Waals surface area contributed by atoms with Crippen molar-refractivity contribution in [3.05, 3.63) is 12.5 Å². The van der Waals surface area contributed by atoms with Crippen LogP contribution in [0.15, 0.2) is 12.5 Å². The molecule has 0 radical (unpaired) electrons. The second-order valence-corrected chi connectivity index (χ2v) is 3.87. The van der Waals surface area contributed by atoms with Crippen LogP contribution in [0.1, 0.15) is 6.42 Å². The zero-order valence-corrected chi connectivity index (χ0v) is 9.27. The van der Waals surface area contributed by atoms with Gasteiger partial charge in [-0.05, 0) is 0 Å². The summed E-state index contributed by atoms with van der Waals surface area (Å²) in [6, 6.07) is 0. The molecular weight excluding hydrogens is 208 g/mol. The van der Waals surface area contributed by atoms with Gasteiger partial charge in [0.2, 0.25) is 0 Å². The third-order valence-electron chi connectivity index (χ3n) is 2.82. The first kappa shape index (κ1) is 11.1. The van der Waals surface area contributed by atoms with Gasteiger partial charge in [0.1, 0.15) is 11.9 Å². The maximum atomic E-state index is 5.73. The standard InChI is InChI=1S/C10H16N4O2/c1-15-10(2-3-16-6-10)5-13-9-8(11)4-12-7-14-9/h4,7H,2-3,5-6,11H2,1H3,(H,12,13,14). The van der Waals surface area contributed by atoms with Crippen molar-refractivity contribution in [1.82, 2.24) is 9.97 Å². The summed E-state index contributed by atoms with van der Waals surface area (Å²) < 4.78 is 10.8. The molecule has 2 heterocycles. The maximum Gasteiger partial charge on any atom is 0.152 e. The Morgan fingerprint density at radius 2 is 2.56 bits per heavy atom. The normalized spacial score (nSPS) is 24.6. The van der Waals surface area contributed by atoms with Gasteiger partial charge in [-0.15, -0.1) is 0 Å². The van der Waals surface area contributed by atoms with Gasteiger partial charge in [0.05, 0.1) is 18.5 Å². The summed E-state index contributed by atoms with van der Waals surface area (Å²) in [6.07, 6.45) is 3.91. The van der Waals surface area contributed by atoms with Gasteiger partial charge in [0.15, 0.2) is 5.82 Å². The van der Waals surface area contributed by atoms with Crippen LogP contribution in [-0.4, -0.2) is 42.4 Å². The molecule has 0 spiro atoms. The Morgan fingerprint density at radius 1 is 1.69 bits per heavy atom. The van der Waals surface area contributed by atoms with Gasteiger partial charge in [-0.25, -0.2) is 9.97 Å². The van der Waals surface area contributed by atoms with Gasteiger partial charge in [0, 0.05) is 26.7 Å². The topological polar surface area (TPSA) is 82.3 Å². The number of rotatable bonds is 4. The van der Waals surface area contributed by atoms with Crippen molar-refractivity contribution >= 4 is 11.5 Å². The highest BCUT2D eigenvalue weighted by Crippen LogP contribution is 2.23. The predicted octanol–water partition coefficient (Wildman–Crippen LogP) is 0.276. The van der Waals surface area contributed by atoms with Crippen LogP contribution >= 0.6 is 0 Å². The van der Waals surface area contributed by atoms with Crippen molar-refractivity contribution in [2.24, 2.45) is 0 Å². The number of methoxy groups -OCH3 is 1. The Labute approximate surface area is 94.2 Å². The molecule has 6 nitrogen and oxygen atoms in total. The number of nitrogens with zero attached hydrogens (tertiary/aromatic N) is 2. The smallest absolute Gasteiger partial charge is 0.152 e. The molecule has 1 aliphatic heterocycles. The molecule has 6 heteroatoms. The minimum absolute atomic E-state index is 0.266. The summed E-state index contributed by atoms with van der Waals surface area (Å²) in [5.74, 6) is 0.637. The van der Waals surface area contributed by atoms with E-state index in [0.717, 1.165) is 13.0 Å². The monoisotopic (exact) mass is 224 g/mol. The second kappa shape index (κ2) is 4.63. The van der Waals surface area contributed by atoms with E-state index in [1.165, 1.54) is 6.33 Å². The molecule has 88 valence electrons. The number of anilines is 2. The highest BCUT2D eigenvalue weighted by Gasteiger charge is 2.34. The van der Waals surface area contributed by atoms with Gasteiger partial charge in [-0.2, -0.15) is 0 Å². The predicted molar refractivity (Wildman–Crippen MR) is 60.1 cm³/mol. The number of ether oxygens (including phenoxy) is 2. The van der Waals surface area contributed by atoms with E-state index in [2.05, 4.69) is 15.3 Å². The molecule has 16 heavy (non-hydrogen) atoms. The van der Waals surface area contributed by atoms with Crippen LogP contribution in [0.5, 0.6) is 0 Å². The zero-order valence-electron chi connectivity index (χ0n) is 9.27. The lowest BCUT2D eigenvalue weighted by molar-refractivity contribution is -0.00624. The molecule has 0 aromatic carbocycles. The number of aromatic nitrogens is 2. The second-order valence-electron chi connectivity index (χ2n) is 3.87. The summed E-state index contributed by atoms with van der Waals surface area (Å²) in [5.41, 5.74) is 6.00. The molecular formula is C10H16N4O2. The number of nitrogen functional groups attached to an aromatic ring is 1. The molecule has 1 fully saturated rings. The number of nitrogens with one attached hydrogen (secondary N) is 1. The summed E-state index contributed by atoms with van der Waals surface area (Å²) in [7, 11) is 1.69. The molecule has 0 saturated carbocycles. The molecule has 1 atom stereocenters. The Morgan fingerprint density at radius 3 is 3.19 bits per heavy atom. The summed E-state index contributed by atoms with van der Waals surface area (Å²) in [4.78, 5) is 7.89. The lowest BCUT2D eigenvalue weighted by Crippen LogP contribution is -2.39. The van der Waals surface area contributed by atoms with E-state index in [1.807, 2.05) is 0 Å². The molecule has 1 aromatic heterocycles. The van der Waals surface area contributed by atoms with E-state index in [1.54, 1.807) is 13.3 Å². The first-order valence-electron chi connectivity index (χ1n) is 5.18. The summed E-state index contributed by atoms with van der Waals surface area (Å²) in [5, 5.41) is 3.17. The average molecular weight is 224 g/mol. The van der Waals surface area contributed by atoms with Crippen molar-refractivity contribution in [1.29, 1.82) is 0 Å². The van der Waals surface area contributed by atoms with Crippen molar-refractivity contribution < 1.29 is 9.47 Å². The Hall–Kier alpha value is -1.40. The number of nitrogens with two attached hydrogens (primary N) is 1. The van der Waals surface area contributed by atoms with Crippen LogP contribution in [0, 0.1) is 0 Å². The SMILES string of the molecule is COC1(CNc2ncncc2N)CCOC1. The third kappa shape index (κ3) is 2.23. The Bertz CT molecular complexity index is 352. The molecule has 1 aromatic rings.